The molecule has 0 radical (unpaired) electrons. The highest BCUT2D eigenvalue weighted by Gasteiger charge is 2.31. The van der Waals surface area contributed by atoms with Crippen molar-refractivity contribution in [2.24, 2.45) is 5.92 Å². The van der Waals surface area contributed by atoms with Crippen LogP contribution in [0, 0.1) is 11.7 Å². The summed E-state index contributed by atoms with van der Waals surface area (Å²) in [5, 5.41) is 6.00. The van der Waals surface area contributed by atoms with Crippen LogP contribution in [0.1, 0.15) is 36.8 Å². The molecule has 6 nitrogen and oxygen atoms in total. The van der Waals surface area contributed by atoms with Crippen molar-refractivity contribution in [3.05, 3.63) is 29.1 Å². The molecule has 0 spiro atoms. The molecule has 146 valence electrons. The molecule has 2 N–H and O–H groups in total. The third kappa shape index (κ3) is 3.78. The van der Waals surface area contributed by atoms with E-state index >= 15 is 0 Å². The second-order valence-electron chi connectivity index (χ2n) is 7.72. The molecule has 3 aliphatic heterocycles. The van der Waals surface area contributed by atoms with E-state index in [9.17, 15) is 14.0 Å². The number of amides is 3. The minimum atomic E-state index is -0.302. The summed E-state index contributed by atoms with van der Waals surface area (Å²) in [6.07, 6.45) is 4.05. The molecule has 2 saturated heterocycles. The van der Waals surface area contributed by atoms with Crippen LogP contribution in [0.25, 0.3) is 0 Å². The number of carbonyl (C=O) groups is 2. The van der Waals surface area contributed by atoms with Gasteiger partial charge in [0.1, 0.15) is 5.82 Å². The van der Waals surface area contributed by atoms with Crippen LogP contribution in [-0.2, 0) is 17.8 Å². The van der Waals surface area contributed by atoms with Gasteiger partial charge >= 0.3 is 6.03 Å². The number of piperidine rings is 1. The number of carbonyl (C=O) groups excluding carboxylic acids is 2. The summed E-state index contributed by atoms with van der Waals surface area (Å²) in [6, 6.07) is 3.64. The summed E-state index contributed by atoms with van der Waals surface area (Å²) in [5.41, 5.74) is 1.94. The average molecular weight is 374 g/mol. The highest BCUT2D eigenvalue weighted by Crippen LogP contribution is 2.26. The lowest BCUT2D eigenvalue weighted by atomic mass is 9.95. The lowest BCUT2D eigenvalue weighted by molar-refractivity contribution is -0.121. The van der Waals surface area contributed by atoms with Crippen molar-refractivity contribution in [1.82, 2.24) is 15.1 Å². The fourth-order valence-corrected chi connectivity index (χ4v) is 4.31. The first-order valence-electron chi connectivity index (χ1n) is 9.99. The highest BCUT2D eigenvalue weighted by atomic mass is 19.1. The Morgan fingerprint density at radius 1 is 1.07 bits per heavy atom. The van der Waals surface area contributed by atoms with E-state index in [2.05, 4.69) is 10.6 Å². The number of urea groups is 1. The van der Waals surface area contributed by atoms with E-state index in [0.29, 0.717) is 44.5 Å². The smallest absolute Gasteiger partial charge is 0.319 e. The van der Waals surface area contributed by atoms with Crippen LogP contribution in [0.5, 0.6) is 0 Å². The number of hydrogen-bond acceptors (Lipinski definition) is 3. The molecule has 0 saturated carbocycles. The fraction of sp³-hybridized carbons (Fsp3) is 0.600. The van der Waals surface area contributed by atoms with Crippen molar-refractivity contribution >= 4 is 17.6 Å². The number of anilines is 1. The second kappa shape index (κ2) is 7.84. The molecule has 3 amide bonds. The number of nitrogens with zero attached hydrogens (tertiary/aromatic N) is 2. The minimum Gasteiger partial charge on any atom is -0.325 e. The largest absolute Gasteiger partial charge is 0.325 e. The number of halogens is 1. The number of rotatable bonds is 2. The van der Waals surface area contributed by atoms with Gasteiger partial charge in [-0.3, -0.25) is 4.79 Å². The molecule has 27 heavy (non-hydrogen) atoms. The minimum absolute atomic E-state index is 0.0979. The van der Waals surface area contributed by atoms with Crippen molar-refractivity contribution in [2.75, 3.05) is 38.0 Å². The molecular formula is C20H27FN4O2. The quantitative estimate of drug-likeness (QED) is 0.835. The predicted octanol–water partition coefficient (Wildman–Crippen LogP) is 2.34. The third-order valence-electron chi connectivity index (χ3n) is 5.98. The third-order valence-corrected chi connectivity index (χ3v) is 5.98. The summed E-state index contributed by atoms with van der Waals surface area (Å²) in [5.74, 6) is -0.621. The second-order valence-corrected chi connectivity index (χ2v) is 7.72. The maximum atomic E-state index is 14.7. The van der Waals surface area contributed by atoms with Gasteiger partial charge in [0.25, 0.3) is 0 Å². The SMILES string of the molecule is O=C(Nc1ccc2c(c1F)CCNC2)C1CCN(C(=O)N2CCCC2)CC1. The van der Waals surface area contributed by atoms with E-state index in [0.717, 1.165) is 38.0 Å². The molecule has 2 fully saturated rings. The van der Waals surface area contributed by atoms with Crippen LogP contribution in [0.15, 0.2) is 12.1 Å². The standard InChI is InChI=1S/C20H27FN4O2/c21-18-16-5-8-22-13-15(16)3-4-17(18)23-19(26)14-6-11-25(12-7-14)20(27)24-9-1-2-10-24/h3-4,14,22H,1-2,5-13H2,(H,23,26). The Morgan fingerprint density at radius 2 is 1.78 bits per heavy atom. The van der Waals surface area contributed by atoms with Crippen LogP contribution >= 0.6 is 0 Å². The van der Waals surface area contributed by atoms with Crippen LogP contribution in [0.4, 0.5) is 14.9 Å². The van der Waals surface area contributed by atoms with Gasteiger partial charge in [-0.2, -0.15) is 0 Å². The topological polar surface area (TPSA) is 64.7 Å². The Kier molecular flexibility index (Phi) is 5.29. The van der Waals surface area contributed by atoms with E-state index in [1.165, 1.54) is 0 Å². The monoisotopic (exact) mass is 374 g/mol. The van der Waals surface area contributed by atoms with E-state index in [1.807, 2.05) is 15.9 Å². The van der Waals surface area contributed by atoms with Crippen LogP contribution in [0.2, 0.25) is 0 Å². The normalized spacial score (nSPS) is 20.5. The van der Waals surface area contributed by atoms with Crippen molar-refractivity contribution in [2.45, 2.75) is 38.6 Å². The van der Waals surface area contributed by atoms with E-state index in [1.54, 1.807) is 6.07 Å². The van der Waals surface area contributed by atoms with Gasteiger partial charge in [-0.05, 0) is 55.8 Å². The molecule has 0 bridgehead atoms. The predicted molar refractivity (Wildman–Crippen MR) is 101 cm³/mol. The van der Waals surface area contributed by atoms with Crippen molar-refractivity contribution in [1.29, 1.82) is 0 Å². The number of benzene rings is 1. The highest BCUT2D eigenvalue weighted by molar-refractivity contribution is 5.93. The van der Waals surface area contributed by atoms with Crippen molar-refractivity contribution in [3.63, 3.8) is 0 Å². The molecule has 0 aliphatic carbocycles. The maximum absolute atomic E-state index is 14.7. The van der Waals surface area contributed by atoms with Crippen molar-refractivity contribution < 1.29 is 14.0 Å². The van der Waals surface area contributed by atoms with Gasteiger partial charge in [0.15, 0.2) is 0 Å². The first kappa shape index (κ1) is 18.2. The first-order chi connectivity index (χ1) is 13.1. The Bertz CT molecular complexity index is 725. The lowest BCUT2D eigenvalue weighted by Gasteiger charge is -2.34. The number of fused-ring (bicyclic) bond motifs is 1. The summed E-state index contributed by atoms with van der Waals surface area (Å²) < 4.78 is 14.7. The van der Waals surface area contributed by atoms with E-state index < -0.39 is 0 Å². The zero-order valence-corrected chi connectivity index (χ0v) is 15.6. The van der Waals surface area contributed by atoms with Gasteiger partial charge in [-0.1, -0.05) is 6.07 Å². The molecule has 7 heteroatoms. The molecule has 1 aromatic rings. The van der Waals surface area contributed by atoms with Crippen LogP contribution < -0.4 is 10.6 Å². The number of likely N-dealkylation sites (tertiary alicyclic amines) is 2. The summed E-state index contributed by atoms with van der Waals surface area (Å²) in [4.78, 5) is 28.8. The Morgan fingerprint density at radius 3 is 2.52 bits per heavy atom. The van der Waals surface area contributed by atoms with Gasteiger partial charge in [-0.15, -0.1) is 0 Å². The average Bonchev–Trinajstić information content (AvgIpc) is 3.25. The van der Waals surface area contributed by atoms with Crippen molar-refractivity contribution in [3.8, 4) is 0 Å². The summed E-state index contributed by atoms with van der Waals surface area (Å²) >= 11 is 0. The molecule has 3 aliphatic rings. The molecule has 0 aromatic heterocycles. The van der Waals surface area contributed by atoms with Gasteiger partial charge in [0, 0.05) is 38.6 Å². The van der Waals surface area contributed by atoms with E-state index in [4.69, 9.17) is 0 Å². The Labute approximate surface area is 159 Å². The summed E-state index contributed by atoms with van der Waals surface area (Å²) in [6.45, 7) is 4.28. The molecule has 0 atom stereocenters. The van der Waals surface area contributed by atoms with Crippen LogP contribution in [0.3, 0.4) is 0 Å². The number of nitrogens with one attached hydrogen (secondary N) is 2. The summed E-state index contributed by atoms with van der Waals surface area (Å²) in [7, 11) is 0. The maximum Gasteiger partial charge on any atom is 0.319 e. The molecule has 1 aromatic carbocycles. The Balaban J connectivity index is 1.34. The molecule has 3 heterocycles. The first-order valence-corrected chi connectivity index (χ1v) is 9.99. The molecular weight excluding hydrogens is 347 g/mol. The van der Waals surface area contributed by atoms with Gasteiger partial charge in [0.2, 0.25) is 5.91 Å². The lowest BCUT2D eigenvalue weighted by Crippen LogP contribution is -2.47. The van der Waals surface area contributed by atoms with Gasteiger partial charge in [0.05, 0.1) is 5.69 Å². The Hall–Kier alpha value is -2.15. The molecule has 0 unspecified atom stereocenters. The zero-order valence-electron chi connectivity index (χ0n) is 15.6. The number of hydrogen-bond donors (Lipinski definition) is 2. The fourth-order valence-electron chi connectivity index (χ4n) is 4.31. The zero-order chi connectivity index (χ0) is 18.8. The molecule has 4 rings (SSSR count). The van der Waals surface area contributed by atoms with Gasteiger partial charge in [-0.25, -0.2) is 9.18 Å². The van der Waals surface area contributed by atoms with Gasteiger partial charge < -0.3 is 20.4 Å². The van der Waals surface area contributed by atoms with E-state index in [-0.39, 0.29) is 29.4 Å². The van der Waals surface area contributed by atoms with Crippen LogP contribution in [-0.4, -0.2) is 54.5 Å².